The highest BCUT2D eigenvalue weighted by Gasteiger charge is 2.40. The molecule has 1 aliphatic carbocycles. The molecule has 0 aromatic carbocycles. The summed E-state index contributed by atoms with van der Waals surface area (Å²) in [7, 11) is -1.64. The first kappa shape index (κ1) is 16.5. The summed E-state index contributed by atoms with van der Waals surface area (Å²) in [5.41, 5.74) is 1.54. The predicted octanol–water partition coefficient (Wildman–Crippen LogP) is 6.01. The monoisotopic (exact) mass is 332 g/mol. The number of hydrogen-bond acceptors (Lipinski definition) is 1. The minimum atomic E-state index is -1.64. The molecule has 1 rings (SSSR count). The van der Waals surface area contributed by atoms with Crippen LogP contribution in [0.15, 0.2) is 10.1 Å². The quantitative estimate of drug-likeness (QED) is 0.560. The summed E-state index contributed by atoms with van der Waals surface area (Å²) < 4.78 is 8.01. The molecule has 0 N–H and O–H groups in total. The van der Waals surface area contributed by atoms with Crippen LogP contribution in [-0.4, -0.2) is 14.4 Å². The fraction of sp³-hybridized carbons (Fsp3) is 0.867. The molecule has 0 aromatic rings. The highest BCUT2D eigenvalue weighted by molar-refractivity contribution is 9.11. The maximum absolute atomic E-state index is 6.59. The summed E-state index contributed by atoms with van der Waals surface area (Å²) in [6, 6.07) is 0. The van der Waals surface area contributed by atoms with Crippen molar-refractivity contribution in [1.29, 1.82) is 0 Å². The lowest BCUT2D eigenvalue weighted by molar-refractivity contribution is 0.210. The van der Waals surface area contributed by atoms with E-state index < -0.39 is 8.32 Å². The zero-order valence-electron chi connectivity index (χ0n) is 12.9. The lowest BCUT2D eigenvalue weighted by atomic mass is 10.1. The van der Waals surface area contributed by atoms with Crippen LogP contribution in [0.5, 0.6) is 0 Å². The third kappa shape index (κ3) is 3.94. The van der Waals surface area contributed by atoms with Gasteiger partial charge >= 0.3 is 0 Å². The highest BCUT2D eigenvalue weighted by Crippen LogP contribution is 2.42. The third-order valence-electron chi connectivity index (χ3n) is 4.41. The zero-order valence-corrected chi connectivity index (χ0v) is 15.5. The first-order valence-electron chi connectivity index (χ1n) is 7.24. The van der Waals surface area contributed by atoms with Gasteiger partial charge in [-0.2, -0.15) is 0 Å². The molecule has 0 bridgehead atoms. The second kappa shape index (κ2) is 6.23. The van der Waals surface area contributed by atoms with Gasteiger partial charge in [0.05, 0.1) is 6.10 Å². The Kier molecular flexibility index (Phi) is 5.70. The van der Waals surface area contributed by atoms with E-state index in [9.17, 15) is 0 Å². The summed E-state index contributed by atoms with van der Waals surface area (Å²) in [5, 5.41) is 0.304. The van der Waals surface area contributed by atoms with Crippen LogP contribution in [0.25, 0.3) is 0 Å². The Hall–Kier alpha value is 0.397. The minimum absolute atomic E-state index is 0.304. The average Bonchev–Trinajstić information content (AvgIpc) is 2.55. The van der Waals surface area contributed by atoms with Gasteiger partial charge in [0.2, 0.25) is 0 Å². The second-order valence-corrected chi connectivity index (χ2v) is 12.7. The molecule has 0 aromatic heterocycles. The van der Waals surface area contributed by atoms with Crippen LogP contribution in [0, 0.1) is 0 Å². The van der Waals surface area contributed by atoms with Crippen molar-refractivity contribution in [2.45, 2.75) is 84.0 Å². The SMILES string of the molecule is CCCCC1=C(Br)CCC1O[Si](C)(C)C(C)(C)C. The lowest BCUT2D eigenvalue weighted by Crippen LogP contribution is -2.43. The summed E-state index contributed by atoms with van der Waals surface area (Å²) in [4.78, 5) is 0. The van der Waals surface area contributed by atoms with E-state index in [4.69, 9.17) is 4.43 Å². The summed E-state index contributed by atoms with van der Waals surface area (Å²) >= 11 is 3.75. The Labute approximate surface area is 123 Å². The maximum atomic E-state index is 6.59. The predicted molar refractivity (Wildman–Crippen MR) is 86.8 cm³/mol. The van der Waals surface area contributed by atoms with Crippen LogP contribution in [0.3, 0.4) is 0 Å². The molecule has 0 saturated carbocycles. The molecule has 0 fully saturated rings. The van der Waals surface area contributed by atoms with Gasteiger partial charge in [0, 0.05) is 0 Å². The van der Waals surface area contributed by atoms with Crippen molar-refractivity contribution < 1.29 is 4.43 Å². The van der Waals surface area contributed by atoms with Crippen LogP contribution in [-0.2, 0) is 4.43 Å². The molecule has 0 saturated heterocycles. The van der Waals surface area contributed by atoms with Crippen molar-refractivity contribution in [3.63, 3.8) is 0 Å². The van der Waals surface area contributed by atoms with Gasteiger partial charge in [-0.25, -0.2) is 0 Å². The van der Waals surface area contributed by atoms with Crippen molar-refractivity contribution in [2.24, 2.45) is 0 Å². The van der Waals surface area contributed by atoms with E-state index in [1.165, 1.54) is 36.6 Å². The van der Waals surface area contributed by atoms with E-state index in [0.29, 0.717) is 11.1 Å². The van der Waals surface area contributed by atoms with Crippen LogP contribution < -0.4 is 0 Å². The van der Waals surface area contributed by atoms with E-state index in [2.05, 4.69) is 56.7 Å². The Morgan fingerprint density at radius 3 is 2.44 bits per heavy atom. The van der Waals surface area contributed by atoms with Crippen molar-refractivity contribution in [3.05, 3.63) is 10.1 Å². The molecule has 0 radical (unpaired) electrons. The molecule has 3 heteroatoms. The Bertz CT molecular complexity index is 315. The number of unbranched alkanes of at least 4 members (excludes halogenated alkanes) is 1. The number of halogens is 1. The largest absolute Gasteiger partial charge is 0.410 e. The minimum Gasteiger partial charge on any atom is -0.410 e. The number of allylic oxidation sites excluding steroid dienone is 1. The molecule has 106 valence electrons. The summed E-state index contributed by atoms with van der Waals surface area (Å²) in [6.45, 7) is 13.9. The van der Waals surface area contributed by atoms with Crippen LogP contribution >= 0.6 is 15.9 Å². The molecule has 0 amide bonds. The summed E-state index contributed by atoms with van der Waals surface area (Å²) in [6.07, 6.45) is 6.46. The van der Waals surface area contributed by atoms with E-state index in [0.717, 1.165) is 0 Å². The number of hydrogen-bond donors (Lipinski definition) is 0. The van der Waals surface area contributed by atoms with Crippen LogP contribution in [0.4, 0.5) is 0 Å². The molecular formula is C15H29BrOSi. The average molecular weight is 333 g/mol. The standard InChI is InChI=1S/C15H29BrOSi/c1-7-8-9-12-13(16)10-11-14(12)17-18(5,6)15(2,3)4/h14H,7-11H2,1-6H3. The van der Waals surface area contributed by atoms with Crippen molar-refractivity contribution in [1.82, 2.24) is 0 Å². The fourth-order valence-electron chi connectivity index (χ4n) is 2.09. The number of rotatable bonds is 5. The molecule has 0 heterocycles. The molecular weight excluding hydrogens is 304 g/mol. The Morgan fingerprint density at radius 2 is 1.94 bits per heavy atom. The van der Waals surface area contributed by atoms with Crippen molar-refractivity contribution in [3.8, 4) is 0 Å². The first-order valence-corrected chi connectivity index (χ1v) is 10.9. The van der Waals surface area contributed by atoms with E-state index in [1.54, 1.807) is 5.57 Å². The van der Waals surface area contributed by atoms with E-state index >= 15 is 0 Å². The fourth-order valence-corrected chi connectivity index (χ4v) is 4.10. The smallest absolute Gasteiger partial charge is 0.192 e. The Morgan fingerprint density at radius 1 is 1.33 bits per heavy atom. The van der Waals surface area contributed by atoms with Crippen molar-refractivity contribution >= 4 is 24.2 Å². The molecule has 0 aliphatic heterocycles. The van der Waals surface area contributed by atoms with Gasteiger partial charge in [0.15, 0.2) is 8.32 Å². The first-order chi connectivity index (χ1) is 8.19. The maximum Gasteiger partial charge on any atom is 0.192 e. The molecule has 1 atom stereocenters. The Balaban J connectivity index is 2.73. The van der Waals surface area contributed by atoms with Crippen LogP contribution in [0.2, 0.25) is 18.1 Å². The molecule has 1 aliphatic rings. The topological polar surface area (TPSA) is 9.23 Å². The normalized spacial score (nSPS) is 21.8. The van der Waals surface area contributed by atoms with Gasteiger partial charge in [-0.3, -0.25) is 0 Å². The molecule has 1 nitrogen and oxygen atoms in total. The van der Waals surface area contributed by atoms with Gasteiger partial charge in [-0.15, -0.1) is 0 Å². The zero-order chi connectivity index (χ0) is 14.0. The molecule has 18 heavy (non-hydrogen) atoms. The highest BCUT2D eigenvalue weighted by atomic mass is 79.9. The second-order valence-electron chi connectivity index (χ2n) is 6.94. The van der Waals surface area contributed by atoms with Gasteiger partial charge in [-0.05, 0) is 53.9 Å². The molecule has 0 spiro atoms. The van der Waals surface area contributed by atoms with E-state index in [-0.39, 0.29) is 0 Å². The van der Waals surface area contributed by atoms with Gasteiger partial charge < -0.3 is 4.43 Å². The van der Waals surface area contributed by atoms with Gasteiger partial charge in [-0.1, -0.05) is 50.0 Å². The summed E-state index contributed by atoms with van der Waals surface area (Å²) in [5.74, 6) is 0. The lowest BCUT2D eigenvalue weighted by Gasteiger charge is -2.39. The van der Waals surface area contributed by atoms with Crippen molar-refractivity contribution in [2.75, 3.05) is 0 Å². The van der Waals surface area contributed by atoms with Crippen LogP contribution in [0.1, 0.15) is 59.8 Å². The van der Waals surface area contributed by atoms with Gasteiger partial charge in [0.25, 0.3) is 0 Å². The molecule has 1 unspecified atom stereocenters. The van der Waals surface area contributed by atoms with E-state index in [1.807, 2.05) is 0 Å². The van der Waals surface area contributed by atoms with Gasteiger partial charge in [0.1, 0.15) is 0 Å². The third-order valence-corrected chi connectivity index (χ3v) is 9.80.